The quantitative estimate of drug-likeness (QED) is 0.878. The van der Waals surface area contributed by atoms with E-state index in [-0.39, 0.29) is 0 Å². The van der Waals surface area contributed by atoms with Crippen molar-refractivity contribution in [2.45, 2.75) is 13.1 Å². The van der Waals surface area contributed by atoms with E-state index in [9.17, 15) is 0 Å². The Morgan fingerprint density at radius 1 is 1.18 bits per heavy atom. The lowest BCUT2D eigenvalue weighted by molar-refractivity contribution is 0.858. The van der Waals surface area contributed by atoms with Crippen molar-refractivity contribution < 1.29 is 0 Å². The first-order valence-electron chi connectivity index (χ1n) is 5.47. The molecule has 0 spiro atoms. The Hall–Kier alpha value is -1.55. The van der Waals surface area contributed by atoms with E-state index in [1.54, 1.807) is 6.20 Å². The summed E-state index contributed by atoms with van der Waals surface area (Å²) < 4.78 is 0.912. The van der Waals surface area contributed by atoms with Crippen LogP contribution in [0.3, 0.4) is 0 Å². The van der Waals surface area contributed by atoms with E-state index < -0.39 is 0 Å². The van der Waals surface area contributed by atoms with Crippen LogP contribution in [-0.2, 0) is 13.1 Å². The predicted octanol–water partition coefficient (Wildman–Crippen LogP) is 2.95. The van der Waals surface area contributed by atoms with Gasteiger partial charge in [-0.2, -0.15) is 0 Å². The maximum Gasteiger partial charge on any atom is 0.152 e. The monoisotopic (exact) mass is 289 g/mol. The van der Waals surface area contributed by atoms with Crippen molar-refractivity contribution in [2.24, 2.45) is 0 Å². The normalized spacial score (nSPS) is 13.8. The molecule has 0 saturated heterocycles. The van der Waals surface area contributed by atoms with E-state index in [0.717, 1.165) is 23.4 Å². The molecule has 4 heteroatoms. The molecule has 1 aliphatic heterocycles. The van der Waals surface area contributed by atoms with Crippen molar-refractivity contribution in [1.82, 2.24) is 4.98 Å². The Kier molecular flexibility index (Phi) is 2.52. The number of halogens is 1. The number of anilines is 2. The molecule has 3 nitrogen and oxygen atoms in total. The lowest BCUT2D eigenvalue weighted by Gasteiger charge is -2.18. The number of pyridine rings is 1. The molecule has 1 aliphatic rings. The largest absolute Gasteiger partial charge is 0.396 e. The van der Waals surface area contributed by atoms with Gasteiger partial charge in [0.05, 0.1) is 5.69 Å². The fraction of sp³-hybridized carbons (Fsp3) is 0.154. The topological polar surface area (TPSA) is 42.1 Å². The minimum Gasteiger partial charge on any atom is -0.396 e. The van der Waals surface area contributed by atoms with Crippen LogP contribution in [0.1, 0.15) is 11.1 Å². The maximum absolute atomic E-state index is 6.00. The molecule has 2 N–H and O–H groups in total. The third-order valence-electron chi connectivity index (χ3n) is 3.00. The number of nitrogens with two attached hydrogens (primary N) is 1. The van der Waals surface area contributed by atoms with Crippen LogP contribution in [0.4, 0.5) is 11.5 Å². The molecule has 0 amide bonds. The summed E-state index contributed by atoms with van der Waals surface area (Å²) in [5.41, 5.74) is 9.43. The van der Waals surface area contributed by atoms with Crippen LogP contribution in [0.2, 0.25) is 0 Å². The standard InChI is InChI=1S/C13H12BrN3/c14-11-5-12(15)13(16-6-11)17-7-9-3-1-2-4-10(9)8-17/h1-6H,7-8,15H2. The van der Waals surface area contributed by atoms with Gasteiger partial charge in [-0.15, -0.1) is 0 Å². The highest BCUT2D eigenvalue weighted by molar-refractivity contribution is 9.10. The molecular weight excluding hydrogens is 278 g/mol. The van der Waals surface area contributed by atoms with Crippen LogP contribution < -0.4 is 10.6 Å². The lowest BCUT2D eigenvalue weighted by Crippen LogP contribution is -2.17. The van der Waals surface area contributed by atoms with Crippen LogP contribution in [0.25, 0.3) is 0 Å². The van der Waals surface area contributed by atoms with E-state index in [1.165, 1.54) is 11.1 Å². The Bertz CT molecular complexity index is 543. The molecule has 1 aromatic carbocycles. The Morgan fingerprint density at radius 2 is 1.82 bits per heavy atom. The summed E-state index contributed by atoms with van der Waals surface area (Å²) in [6.45, 7) is 1.77. The zero-order valence-electron chi connectivity index (χ0n) is 9.23. The summed E-state index contributed by atoms with van der Waals surface area (Å²) in [6.07, 6.45) is 1.79. The molecule has 0 aliphatic carbocycles. The summed E-state index contributed by atoms with van der Waals surface area (Å²) in [5, 5.41) is 0. The third-order valence-corrected chi connectivity index (χ3v) is 3.44. The second-order valence-corrected chi connectivity index (χ2v) is 5.11. The molecule has 3 rings (SSSR count). The summed E-state index contributed by atoms with van der Waals surface area (Å²) in [6, 6.07) is 10.3. The number of hydrogen-bond acceptors (Lipinski definition) is 3. The van der Waals surface area contributed by atoms with Crippen molar-refractivity contribution >= 4 is 27.4 Å². The molecule has 0 unspecified atom stereocenters. The van der Waals surface area contributed by atoms with Gasteiger partial charge in [0, 0.05) is 23.8 Å². The highest BCUT2D eigenvalue weighted by Gasteiger charge is 2.21. The van der Waals surface area contributed by atoms with Crippen molar-refractivity contribution in [1.29, 1.82) is 0 Å². The number of fused-ring (bicyclic) bond motifs is 1. The summed E-state index contributed by atoms with van der Waals surface area (Å²) in [4.78, 5) is 6.60. The molecule has 0 bridgehead atoms. The lowest BCUT2D eigenvalue weighted by atomic mass is 10.1. The van der Waals surface area contributed by atoms with Crippen molar-refractivity contribution in [2.75, 3.05) is 10.6 Å². The number of nitrogen functional groups attached to an aromatic ring is 1. The first-order valence-corrected chi connectivity index (χ1v) is 6.26. The second kappa shape index (κ2) is 4.04. The molecule has 86 valence electrons. The Labute approximate surface area is 108 Å². The number of rotatable bonds is 1. The van der Waals surface area contributed by atoms with E-state index in [0.29, 0.717) is 5.69 Å². The van der Waals surface area contributed by atoms with E-state index in [2.05, 4.69) is 50.1 Å². The zero-order chi connectivity index (χ0) is 11.8. The van der Waals surface area contributed by atoms with E-state index >= 15 is 0 Å². The molecule has 0 radical (unpaired) electrons. The zero-order valence-corrected chi connectivity index (χ0v) is 10.8. The summed E-state index contributed by atoms with van der Waals surface area (Å²) >= 11 is 3.37. The Morgan fingerprint density at radius 3 is 2.41 bits per heavy atom. The van der Waals surface area contributed by atoms with Gasteiger partial charge in [0.15, 0.2) is 5.82 Å². The van der Waals surface area contributed by atoms with Crippen molar-refractivity contribution in [3.63, 3.8) is 0 Å². The fourth-order valence-electron chi connectivity index (χ4n) is 2.19. The SMILES string of the molecule is Nc1cc(Br)cnc1N1Cc2ccccc2C1. The van der Waals surface area contributed by atoms with Gasteiger partial charge in [-0.1, -0.05) is 24.3 Å². The van der Waals surface area contributed by atoms with Crippen molar-refractivity contribution in [3.8, 4) is 0 Å². The van der Waals surface area contributed by atoms with Gasteiger partial charge in [0.25, 0.3) is 0 Å². The average Bonchev–Trinajstić information content (AvgIpc) is 2.72. The van der Waals surface area contributed by atoms with E-state index in [4.69, 9.17) is 5.73 Å². The van der Waals surface area contributed by atoms with Gasteiger partial charge in [-0.3, -0.25) is 0 Å². The summed E-state index contributed by atoms with van der Waals surface area (Å²) in [7, 11) is 0. The molecular formula is C13H12BrN3. The molecule has 1 aromatic heterocycles. The van der Waals surface area contributed by atoms with Gasteiger partial charge >= 0.3 is 0 Å². The van der Waals surface area contributed by atoms with Gasteiger partial charge in [0.2, 0.25) is 0 Å². The molecule has 2 heterocycles. The third kappa shape index (κ3) is 1.89. The number of nitrogens with zero attached hydrogens (tertiary/aromatic N) is 2. The highest BCUT2D eigenvalue weighted by atomic mass is 79.9. The van der Waals surface area contributed by atoms with Crippen LogP contribution in [0.5, 0.6) is 0 Å². The van der Waals surface area contributed by atoms with Gasteiger partial charge in [-0.25, -0.2) is 4.98 Å². The summed E-state index contributed by atoms with van der Waals surface area (Å²) in [5.74, 6) is 0.865. The number of benzene rings is 1. The molecule has 0 atom stereocenters. The number of aromatic nitrogens is 1. The molecule has 0 fully saturated rings. The fourth-order valence-corrected chi connectivity index (χ4v) is 2.54. The van der Waals surface area contributed by atoms with Crippen LogP contribution >= 0.6 is 15.9 Å². The minimum absolute atomic E-state index is 0.715. The maximum atomic E-state index is 6.00. The first kappa shape index (κ1) is 10.6. The smallest absolute Gasteiger partial charge is 0.152 e. The molecule has 0 saturated carbocycles. The second-order valence-electron chi connectivity index (χ2n) is 4.19. The van der Waals surface area contributed by atoms with Gasteiger partial charge in [-0.05, 0) is 33.1 Å². The van der Waals surface area contributed by atoms with Crippen LogP contribution in [-0.4, -0.2) is 4.98 Å². The average molecular weight is 290 g/mol. The highest BCUT2D eigenvalue weighted by Crippen LogP contribution is 2.31. The molecule has 17 heavy (non-hydrogen) atoms. The predicted molar refractivity (Wildman–Crippen MR) is 72.7 cm³/mol. The van der Waals surface area contributed by atoms with Crippen LogP contribution in [0.15, 0.2) is 41.0 Å². The van der Waals surface area contributed by atoms with Gasteiger partial charge in [0.1, 0.15) is 0 Å². The molecule has 2 aromatic rings. The number of hydrogen-bond donors (Lipinski definition) is 1. The minimum atomic E-state index is 0.715. The van der Waals surface area contributed by atoms with E-state index in [1.807, 2.05) is 6.07 Å². The van der Waals surface area contributed by atoms with Crippen molar-refractivity contribution in [3.05, 3.63) is 52.1 Å². The van der Waals surface area contributed by atoms with Gasteiger partial charge < -0.3 is 10.6 Å². The Balaban J connectivity index is 1.94. The van der Waals surface area contributed by atoms with Crippen LogP contribution in [0, 0.1) is 0 Å². The first-order chi connectivity index (χ1) is 8.24.